The van der Waals surface area contributed by atoms with Crippen molar-refractivity contribution >= 4 is 36.5 Å². The summed E-state index contributed by atoms with van der Waals surface area (Å²) in [5.74, 6) is 1.89. The van der Waals surface area contributed by atoms with Crippen molar-refractivity contribution in [3.8, 4) is 0 Å². The molecular weight excluding hydrogens is 335 g/mol. The SMILES string of the molecule is Cl.Cl.NC[C@H]1CCC[C@H]1C(=O)N1CCN(c2ccccn2)CC1. The average Bonchev–Trinajstić information content (AvgIpc) is 3.04. The van der Waals surface area contributed by atoms with Crippen LogP contribution in [-0.4, -0.2) is 48.5 Å². The van der Waals surface area contributed by atoms with Gasteiger partial charge in [-0.3, -0.25) is 4.79 Å². The second-order valence-corrected chi connectivity index (χ2v) is 6.03. The standard InChI is InChI=1S/C16H24N4O.2ClH/c17-12-13-4-3-5-14(13)16(21)20-10-8-19(9-11-20)15-6-1-2-7-18-15;;/h1-2,6-7,13-14H,3-5,8-12,17H2;2*1H/t13-,14-;;/m1../s1. The van der Waals surface area contributed by atoms with Crippen molar-refractivity contribution in [3.05, 3.63) is 24.4 Å². The highest BCUT2D eigenvalue weighted by Crippen LogP contribution is 2.32. The van der Waals surface area contributed by atoms with E-state index >= 15 is 0 Å². The van der Waals surface area contributed by atoms with Gasteiger partial charge in [-0.2, -0.15) is 0 Å². The average molecular weight is 361 g/mol. The molecule has 0 unspecified atom stereocenters. The van der Waals surface area contributed by atoms with Gasteiger partial charge in [0.05, 0.1) is 0 Å². The Kier molecular flexibility index (Phi) is 8.09. The van der Waals surface area contributed by atoms with Gasteiger partial charge in [0.25, 0.3) is 0 Å². The molecule has 1 aliphatic carbocycles. The van der Waals surface area contributed by atoms with Gasteiger partial charge in [0.15, 0.2) is 0 Å². The van der Waals surface area contributed by atoms with Crippen LogP contribution < -0.4 is 10.6 Å². The number of anilines is 1. The molecule has 0 spiro atoms. The topological polar surface area (TPSA) is 62.5 Å². The van der Waals surface area contributed by atoms with Crippen molar-refractivity contribution in [2.75, 3.05) is 37.6 Å². The number of hydrogen-bond acceptors (Lipinski definition) is 4. The number of rotatable bonds is 3. The zero-order valence-electron chi connectivity index (χ0n) is 13.3. The van der Waals surface area contributed by atoms with E-state index in [9.17, 15) is 4.79 Å². The molecule has 1 saturated heterocycles. The number of halogens is 2. The van der Waals surface area contributed by atoms with E-state index < -0.39 is 0 Å². The van der Waals surface area contributed by atoms with E-state index in [1.165, 1.54) is 0 Å². The van der Waals surface area contributed by atoms with E-state index in [4.69, 9.17) is 5.73 Å². The molecule has 0 radical (unpaired) electrons. The molecule has 1 amide bonds. The molecule has 2 heterocycles. The lowest BCUT2D eigenvalue weighted by Gasteiger charge is -2.37. The third kappa shape index (κ3) is 4.49. The fourth-order valence-electron chi connectivity index (χ4n) is 3.58. The maximum absolute atomic E-state index is 12.6. The van der Waals surface area contributed by atoms with Gasteiger partial charge in [0, 0.05) is 38.3 Å². The maximum atomic E-state index is 12.6. The maximum Gasteiger partial charge on any atom is 0.226 e. The number of piperazine rings is 1. The van der Waals surface area contributed by atoms with Crippen molar-refractivity contribution in [3.63, 3.8) is 0 Å². The zero-order chi connectivity index (χ0) is 14.7. The summed E-state index contributed by atoms with van der Waals surface area (Å²) in [5.41, 5.74) is 5.80. The Hall–Kier alpha value is -1.04. The molecule has 1 saturated carbocycles. The van der Waals surface area contributed by atoms with Gasteiger partial charge in [-0.25, -0.2) is 4.98 Å². The second-order valence-electron chi connectivity index (χ2n) is 6.03. The Morgan fingerprint density at radius 1 is 1.17 bits per heavy atom. The summed E-state index contributed by atoms with van der Waals surface area (Å²) in [5, 5.41) is 0. The third-order valence-corrected chi connectivity index (χ3v) is 4.84. The van der Waals surface area contributed by atoms with Crippen LogP contribution in [-0.2, 0) is 4.79 Å². The number of carbonyl (C=O) groups excluding carboxylic acids is 1. The quantitative estimate of drug-likeness (QED) is 0.894. The molecule has 0 aromatic carbocycles. The lowest BCUT2D eigenvalue weighted by Crippen LogP contribution is -2.51. The summed E-state index contributed by atoms with van der Waals surface area (Å²) < 4.78 is 0. The lowest BCUT2D eigenvalue weighted by molar-refractivity contribution is -0.136. The highest BCUT2D eigenvalue weighted by Gasteiger charge is 2.35. The zero-order valence-corrected chi connectivity index (χ0v) is 14.9. The number of nitrogens with two attached hydrogens (primary N) is 1. The predicted molar refractivity (Wildman–Crippen MR) is 97.4 cm³/mol. The largest absolute Gasteiger partial charge is 0.353 e. The number of aromatic nitrogens is 1. The van der Waals surface area contributed by atoms with E-state index in [0.29, 0.717) is 18.4 Å². The monoisotopic (exact) mass is 360 g/mol. The molecule has 1 aromatic rings. The summed E-state index contributed by atoms with van der Waals surface area (Å²) in [6.07, 6.45) is 5.09. The number of nitrogens with zero attached hydrogens (tertiary/aromatic N) is 3. The van der Waals surface area contributed by atoms with Crippen molar-refractivity contribution in [2.45, 2.75) is 19.3 Å². The Labute approximate surface area is 150 Å². The lowest BCUT2D eigenvalue weighted by atomic mass is 9.94. The molecule has 23 heavy (non-hydrogen) atoms. The molecule has 0 bridgehead atoms. The first-order valence-corrected chi connectivity index (χ1v) is 7.94. The van der Waals surface area contributed by atoms with Gasteiger partial charge in [-0.05, 0) is 37.4 Å². The third-order valence-electron chi connectivity index (χ3n) is 4.84. The Morgan fingerprint density at radius 2 is 1.91 bits per heavy atom. The van der Waals surface area contributed by atoms with Crippen LogP contribution in [0.15, 0.2) is 24.4 Å². The molecule has 2 fully saturated rings. The first kappa shape index (κ1) is 20.0. The van der Waals surface area contributed by atoms with Crippen molar-refractivity contribution < 1.29 is 4.79 Å². The number of amides is 1. The van der Waals surface area contributed by atoms with E-state index in [0.717, 1.165) is 51.3 Å². The van der Waals surface area contributed by atoms with Crippen LogP contribution in [0.5, 0.6) is 0 Å². The molecule has 1 aromatic heterocycles. The van der Waals surface area contributed by atoms with Gasteiger partial charge >= 0.3 is 0 Å². The molecule has 1 aliphatic heterocycles. The molecule has 2 atom stereocenters. The minimum atomic E-state index is 0. The van der Waals surface area contributed by atoms with E-state index in [1.807, 2.05) is 29.3 Å². The van der Waals surface area contributed by atoms with Crippen LogP contribution >= 0.6 is 24.8 Å². The first-order chi connectivity index (χ1) is 10.3. The van der Waals surface area contributed by atoms with Crippen LogP contribution in [0.1, 0.15) is 19.3 Å². The first-order valence-electron chi connectivity index (χ1n) is 7.94. The van der Waals surface area contributed by atoms with E-state index in [-0.39, 0.29) is 30.7 Å². The van der Waals surface area contributed by atoms with Gasteiger partial charge in [0.1, 0.15) is 5.82 Å². The highest BCUT2D eigenvalue weighted by atomic mass is 35.5. The number of carbonyl (C=O) groups is 1. The summed E-state index contributed by atoms with van der Waals surface area (Å²) in [7, 11) is 0. The fraction of sp³-hybridized carbons (Fsp3) is 0.625. The predicted octanol–water partition coefficient (Wildman–Crippen LogP) is 1.95. The molecule has 130 valence electrons. The number of hydrogen-bond donors (Lipinski definition) is 1. The van der Waals surface area contributed by atoms with Crippen LogP contribution in [0.3, 0.4) is 0 Å². The second kappa shape index (κ2) is 9.30. The summed E-state index contributed by atoms with van der Waals surface area (Å²) in [6.45, 7) is 3.96. The van der Waals surface area contributed by atoms with Crippen LogP contribution in [0.2, 0.25) is 0 Å². The summed E-state index contributed by atoms with van der Waals surface area (Å²) in [4.78, 5) is 21.3. The van der Waals surface area contributed by atoms with Crippen molar-refractivity contribution in [2.24, 2.45) is 17.6 Å². The molecule has 3 rings (SSSR count). The minimum Gasteiger partial charge on any atom is -0.353 e. The summed E-state index contributed by atoms with van der Waals surface area (Å²) >= 11 is 0. The van der Waals surface area contributed by atoms with Crippen LogP contribution in [0.4, 0.5) is 5.82 Å². The number of pyridine rings is 1. The van der Waals surface area contributed by atoms with Crippen LogP contribution in [0.25, 0.3) is 0 Å². The van der Waals surface area contributed by atoms with Gasteiger partial charge in [0.2, 0.25) is 5.91 Å². The van der Waals surface area contributed by atoms with Crippen molar-refractivity contribution in [1.82, 2.24) is 9.88 Å². The molecule has 2 N–H and O–H groups in total. The van der Waals surface area contributed by atoms with Gasteiger partial charge < -0.3 is 15.5 Å². The Bertz CT molecular complexity index is 480. The normalized spacial score (nSPS) is 23.9. The Balaban J connectivity index is 0.00000132. The smallest absolute Gasteiger partial charge is 0.226 e. The molecule has 5 nitrogen and oxygen atoms in total. The van der Waals surface area contributed by atoms with E-state index in [2.05, 4.69) is 9.88 Å². The van der Waals surface area contributed by atoms with Gasteiger partial charge in [-0.15, -0.1) is 24.8 Å². The molecular formula is C16H26Cl2N4O. The Morgan fingerprint density at radius 3 is 2.52 bits per heavy atom. The fourth-order valence-corrected chi connectivity index (χ4v) is 3.58. The van der Waals surface area contributed by atoms with Gasteiger partial charge in [-0.1, -0.05) is 12.5 Å². The molecule has 2 aliphatic rings. The van der Waals surface area contributed by atoms with E-state index in [1.54, 1.807) is 0 Å². The summed E-state index contributed by atoms with van der Waals surface area (Å²) in [6, 6.07) is 5.96. The van der Waals surface area contributed by atoms with Crippen LogP contribution in [0, 0.1) is 11.8 Å². The molecule has 7 heteroatoms. The van der Waals surface area contributed by atoms with Crippen molar-refractivity contribution in [1.29, 1.82) is 0 Å². The minimum absolute atomic E-state index is 0. The highest BCUT2D eigenvalue weighted by molar-refractivity contribution is 5.85.